The lowest BCUT2D eigenvalue weighted by Gasteiger charge is -2.30. The van der Waals surface area contributed by atoms with E-state index in [9.17, 15) is 4.39 Å². The average Bonchev–Trinajstić information content (AvgIpc) is 3.05. The smallest absolute Gasteiger partial charge is 0.140 e. The molecule has 0 saturated heterocycles. The van der Waals surface area contributed by atoms with E-state index in [2.05, 4.69) is 33.0 Å². The van der Waals surface area contributed by atoms with E-state index in [1.807, 2.05) is 24.1 Å². The van der Waals surface area contributed by atoms with Gasteiger partial charge in [-0.3, -0.25) is 9.67 Å². The summed E-state index contributed by atoms with van der Waals surface area (Å²) in [6, 6.07) is 6.81. The van der Waals surface area contributed by atoms with Crippen LogP contribution in [-0.2, 0) is 20.0 Å². The van der Waals surface area contributed by atoms with Gasteiger partial charge in [0.2, 0.25) is 0 Å². The van der Waals surface area contributed by atoms with E-state index in [4.69, 9.17) is 4.98 Å². The second-order valence-corrected chi connectivity index (χ2v) is 7.16. The molecule has 140 valence electrons. The van der Waals surface area contributed by atoms with Crippen LogP contribution in [0.4, 0.5) is 10.2 Å². The number of pyridine rings is 1. The van der Waals surface area contributed by atoms with Gasteiger partial charge >= 0.3 is 0 Å². The summed E-state index contributed by atoms with van der Waals surface area (Å²) in [4.78, 5) is 15.6. The van der Waals surface area contributed by atoms with Gasteiger partial charge in [-0.05, 0) is 42.3 Å². The molecule has 0 aliphatic carbocycles. The second-order valence-electron chi connectivity index (χ2n) is 7.16. The van der Waals surface area contributed by atoms with E-state index in [0.29, 0.717) is 6.54 Å². The van der Waals surface area contributed by atoms with Gasteiger partial charge in [0.15, 0.2) is 0 Å². The van der Waals surface area contributed by atoms with Gasteiger partial charge in [-0.2, -0.15) is 5.10 Å². The summed E-state index contributed by atoms with van der Waals surface area (Å²) in [6.07, 6.45) is 6.15. The predicted octanol–water partition coefficient (Wildman–Crippen LogP) is 3.44. The third-order valence-corrected chi connectivity index (χ3v) is 5.31. The monoisotopic (exact) mass is 374 g/mol. The van der Waals surface area contributed by atoms with Crippen molar-refractivity contribution in [3.8, 4) is 11.3 Å². The minimum atomic E-state index is -0.281. The number of nitrogens with zero attached hydrogens (tertiary/aromatic N) is 6. The Bertz CT molecular complexity index is 1180. The van der Waals surface area contributed by atoms with Crippen molar-refractivity contribution in [2.75, 3.05) is 11.4 Å². The number of anilines is 1. The summed E-state index contributed by atoms with van der Waals surface area (Å²) in [6.45, 7) is 3.51. The fourth-order valence-corrected chi connectivity index (χ4v) is 3.97. The SMILES string of the molecule is Cc1cnn(C)c1-c1cnc2c(c1)CN(c1ncnc3ccc(F)cc13)CC2. The molecule has 0 saturated carbocycles. The first-order valence-electron chi connectivity index (χ1n) is 9.22. The maximum Gasteiger partial charge on any atom is 0.140 e. The van der Waals surface area contributed by atoms with Crippen molar-refractivity contribution in [2.24, 2.45) is 7.05 Å². The molecule has 1 aromatic carbocycles. The van der Waals surface area contributed by atoms with Crippen molar-refractivity contribution < 1.29 is 4.39 Å². The third-order valence-electron chi connectivity index (χ3n) is 5.31. The van der Waals surface area contributed by atoms with Crippen LogP contribution < -0.4 is 4.90 Å². The third kappa shape index (κ3) is 2.70. The van der Waals surface area contributed by atoms with Gasteiger partial charge in [0.25, 0.3) is 0 Å². The summed E-state index contributed by atoms with van der Waals surface area (Å²) in [5.41, 5.74) is 6.25. The van der Waals surface area contributed by atoms with Crippen LogP contribution in [0.25, 0.3) is 22.2 Å². The van der Waals surface area contributed by atoms with Gasteiger partial charge in [-0.25, -0.2) is 14.4 Å². The van der Waals surface area contributed by atoms with Gasteiger partial charge in [0.1, 0.15) is 18.0 Å². The number of hydrogen-bond donors (Lipinski definition) is 0. The normalized spacial score (nSPS) is 13.8. The molecular formula is C21H19FN6. The summed E-state index contributed by atoms with van der Waals surface area (Å²) in [5, 5.41) is 5.07. The lowest BCUT2D eigenvalue weighted by molar-refractivity contribution is 0.629. The molecule has 0 fully saturated rings. The lowest BCUT2D eigenvalue weighted by atomic mass is 10.0. The first kappa shape index (κ1) is 16.8. The van der Waals surface area contributed by atoms with Crippen molar-refractivity contribution >= 4 is 16.7 Å². The first-order chi connectivity index (χ1) is 13.6. The average molecular weight is 374 g/mol. The highest BCUT2D eigenvalue weighted by molar-refractivity contribution is 5.89. The largest absolute Gasteiger partial charge is 0.351 e. The van der Waals surface area contributed by atoms with Gasteiger partial charge in [0.05, 0.1) is 17.4 Å². The van der Waals surface area contributed by atoms with Crippen LogP contribution in [0.5, 0.6) is 0 Å². The Balaban J connectivity index is 1.55. The number of benzene rings is 1. The van der Waals surface area contributed by atoms with Crippen LogP contribution in [0.15, 0.2) is 43.0 Å². The van der Waals surface area contributed by atoms with Crippen molar-refractivity contribution in [3.05, 3.63) is 65.6 Å². The van der Waals surface area contributed by atoms with Crippen LogP contribution in [0.3, 0.4) is 0 Å². The molecule has 7 heteroatoms. The number of rotatable bonds is 2. The molecule has 28 heavy (non-hydrogen) atoms. The molecular weight excluding hydrogens is 355 g/mol. The highest BCUT2D eigenvalue weighted by Gasteiger charge is 2.22. The van der Waals surface area contributed by atoms with Gasteiger partial charge in [-0.15, -0.1) is 0 Å². The second kappa shape index (κ2) is 6.37. The topological polar surface area (TPSA) is 59.7 Å². The van der Waals surface area contributed by atoms with E-state index in [0.717, 1.165) is 57.8 Å². The Morgan fingerprint density at radius 2 is 1.96 bits per heavy atom. The van der Waals surface area contributed by atoms with Gasteiger partial charge in [0, 0.05) is 49.4 Å². The first-order valence-corrected chi connectivity index (χ1v) is 9.22. The van der Waals surface area contributed by atoms with Crippen molar-refractivity contribution in [2.45, 2.75) is 19.9 Å². The molecule has 1 aliphatic rings. The zero-order valence-corrected chi connectivity index (χ0v) is 15.7. The van der Waals surface area contributed by atoms with Crippen LogP contribution in [-0.4, -0.2) is 31.3 Å². The molecule has 0 unspecified atom stereocenters. The molecule has 1 aliphatic heterocycles. The number of aryl methyl sites for hydroxylation is 2. The molecule has 0 bridgehead atoms. The Labute approximate surface area is 161 Å². The minimum Gasteiger partial charge on any atom is -0.351 e. The van der Waals surface area contributed by atoms with E-state index < -0.39 is 0 Å². The number of hydrogen-bond acceptors (Lipinski definition) is 5. The fraction of sp³-hybridized carbons (Fsp3) is 0.238. The standard InChI is InChI=1S/C21H19FN6/c1-13-9-26-27(2)20(13)14-7-15-11-28(6-5-18(15)23-10-14)21-17-8-16(22)3-4-19(17)24-12-25-21/h3-4,7-10,12H,5-6,11H2,1-2H3. The predicted molar refractivity (Wildman–Crippen MR) is 105 cm³/mol. The Morgan fingerprint density at radius 3 is 2.79 bits per heavy atom. The van der Waals surface area contributed by atoms with E-state index in [-0.39, 0.29) is 5.82 Å². The molecule has 3 aromatic heterocycles. The highest BCUT2D eigenvalue weighted by atomic mass is 19.1. The fourth-order valence-electron chi connectivity index (χ4n) is 3.97. The summed E-state index contributed by atoms with van der Waals surface area (Å²) in [7, 11) is 1.94. The van der Waals surface area contributed by atoms with E-state index in [1.165, 1.54) is 12.1 Å². The van der Waals surface area contributed by atoms with E-state index in [1.54, 1.807) is 12.4 Å². The molecule has 4 heterocycles. The molecule has 0 N–H and O–H groups in total. The van der Waals surface area contributed by atoms with Crippen molar-refractivity contribution in [1.29, 1.82) is 0 Å². The maximum atomic E-state index is 13.8. The lowest BCUT2D eigenvalue weighted by Crippen LogP contribution is -2.31. The Hall–Kier alpha value is -3.35. The zero-order valence-electron chi connectivity index (χ0n) is 15.7. The van der Waals surface area contributed by atoms with Gasteiger partial charge in [-0.1, -0.05) is 0 Å². The van der Waals surface area contributed by atoms with Crippen LogP contribution in [0.1, 0.15) is 16.8 Å². The zero-order chi connectivity index (χ0) is 19.3. The molecule has 0 spiro atoms. The minimum absolute atomic E-state index is 0.281. The summed E-state index contributed by atoms with van der Waals surface area (Å²) in [5.74, 6) is 0.480. The number of halogens is 1. The quantitative estimate of drug-likeness (QED) is 0.538. The Morgan fingerprint density at radius 1 is 1.07 bits per heavy atom. The highest BCUT2D eigenvalue weighted by Crippen LogP contribution is 2.30. The van der Waals surface area contributed by atoms with Crippen LogP contribution in [0, 0.1) is 12.7 Å². The molecule has 0 radical (unpaired) electrons. The molecule has 0 atom stereocenters. The number of fused-ring (bicyclic) bond motifs is 2. The Kier molecular flexibility index (Phi) is 3.82. The molecule has 5 rings (SSSR count). The summed E-state index contributed by atoms with van der Waals surface area (Å²) < 4.78 is 15.7. The molecule has 6 nitrogen and oxygen atoms in total. The van der Waals surface area contributed by atoms with E-state index >= 15 is 0 Å². The summed E-state index contributed by atoms with van der Waals surface area (Å²) >= 11 is 0. The molecule has 0 amide bonds. The van der Waals surface area contributed by atoms with Crippen LogP contribution in [0.2, 0.25) is 0 Å². The van der Waals surface area contributed by atoms with Crippen molar-refractivity contribution in [1.82, 2.24) is 24.7 Å². The number of aromatic nitrogens is 5. The van der Waals surface area contributed by atoms with Crippen molar-refractivity contribution in [3.63, 3.8) is 0 Å². The van der Waals surface area contributed by atoms with Gasteiger partial charge < -0.3 is 4.90 Å². The van der Waals surface area contributed by atoms with Crippen LogP contribution >= 0.6 is 0 Å². The maximum absolute atomic E-state index is 13.8. The molecule has 4 aromatic rings.